The minimum absolute atomic E-state index is 0.220. The normalized spacial score (nSPS) is 21.1. The zero-order valence-electron chi connectivity index (χ0n) is 32.1. The second-order valence-corrected chi connectivity index (χ2v) is 14.5. The molecule has 1 saturated heterocycles. The number of unbranched alkanes of at least 4 members (excludes halogenated alkanes) is 23. The van der Waals surface area contributed by atoms with E-state index in [4.69, 9.17) is 24.1 Å². The molecule has 11 heteroatoms. The summed E-state index contributed by atoms with van der Waals surface area (Å²) in [6.45, 7) is 1.44. The molecule has 302 valence electrons. The molecular weight excluding hydrogens is 656 g/mol. The lowest BCUT2D eigenvalue weighted by Gasteiger charge is -2.39. The first kappa shape index (κ1) is 47.7. The van der Waals surface area contributed by atoms with E-state index < -0.39 is 49.4 Å². The van der Waals surface area contributed by atoms with Crippen molar-refractivity contribution in [1.29, 1.82) is 0 Å². The molecule has 11 nitrogen and oxygen atoms in total. The third-order valence-corrected chi connectivity index (χ3v) is 9.80. The van der Waals surface area contributed by atoms with Crippen molar-refractivity contribution in [2.75, 3.05) is 26.4 Å². The summed E-state index contributed by atoms with van der Waals surface area (Å²) in [6.07, 6.45) is 21.2. The van der Waals surface area contributed by atoms with E-state index in [0.717, 1.165) is 51.4 Å². The molecule has 1 aliphatic heterocycles. The third-order valence-electron chi connectivity index (χ3n) is 9.80. The first-order valence-electron chi connectivity index (χ1n) is 20.7. The molecule has 0 saturated carbocycles. The molecule has 1 rings (SSSR count). The average molecular weight is 733 g/mol. The van der Waals surface area contributed by atoms with Crippen LogP contribution in [0.1, 0.15) is 180 Å². The van der Waals surface area contributed by atoms with Gasteiger partial charge in [-0.3, -0.25) is 9.59 Å². The van der Waals surface area contributed by atoms with Crippen molar-refractivity contribution in [3.63, 3.8) is 0 Å². The quantitative estimate of drug-likeness (QED) is 0.0343. The number of aliphatic hydroxyl groups excluding tert-OH is 5. The summed E-state index contributed by atoms with van der Waals surface area (Å²) < 4.78 is 22.1. The molecule has 0 aliphatic carbocycles. The molecule has 0 aromatic heterocycles. The van der Waals surface area contributed by atoms with Gasteiger partial charge in [0, 0.05) is 19.4 Å². The van der Waals surface area contributed by atoms with Crippen LogP contribution in [-0.2, 0) is 28.5 Å². The van der Waals surface area contributed by atoms with Gasteiger partial charge < -0.3 is 44.5 Å². The Kier molecular flexibility index (Phi) is 31.1. The summed E-state index contributed by atoms with van der Waals surface area (Å²) in [5.74, 6) is -0.820. The minimum Gasteiger partial charge on any atom is -0.462 e. The van der Waals surface area contributed by atoms with Gasteiger partial charge >= 0.3 is 11.9 Å². The zero-order chi connectivity index (χ0) is 37.4. The number of esters is 2. The summed E-state index contributed by atoms with van der Waals surface area (Å²) in [5, 5.41) is 48.8. The first-order valence-corrected chi connectivity index (χ1v) is 20.7. The standard InChI is InChI=1S/C40H76O11/c1-2-3-4-5-6-7-8-9-12-15-18-21-24-27-35(43)48-31-33(32-49-40-39(47)38(46)37(45)34(30-42)51-40)50-36(44)28-25-22-19-16-13-10-11-14-17-20-23-26-29-41/h33-34,37-42,45-47H,2-32H2,1H3. The van der Waals surface area contributed by atoms with Crippen LogP contribution >= 0.6 is 0 Å². The maximum Gasteiger partial charge on any atom is 0.306 e. The Balaban J connectivity index is 2.35. The summed E-state index contributed by atoms with van der Waals surface area (Å²) in [5.41, 5.74) is 0. The highest BCUT2D eigenvalue weighted by Gasteiger charge is 2.44. The fourth-order valence-corrected chi connectivity index (χ4v) is 6.46. The fraction of sp³-hybridized carbons (Fsp3) is 0.950. The molecule has 0 aromatic rings. The third kappa shape index (κ3) is 25.3. The predicted octanol–water partition coefficient (Wildman–Crippen LogP) is 6.80. The van der Waals surface area contributed by atoms with Crippen LogP contribution in [0.15, 0.2) is 0 Å². The van der Waals surface area contributed by atoms with Crippen molar-refractivity contribution in [3.8, 4) is 0 Å². The number of rotatable bonds is 35. The van der Waals surface area contributed by atoms with E-state index in [0.29, 0.717) is 6.42 Å². The van der Waals surface area contributed by atoms with Crippen molar-refractivity contribution in [2.24, 2.45) is 0 Å². The van der Waals surface area contributed by atoms with Gasteiger partial charge in [-0.15, -0.1) is 0 Å². The van der Waals surface area contributed by atoms with E-state index in [9.17, 15) is 30.0 Å². The van der Waals surface area contributed by atoms with Crippen molar-refractivity contribution in [2.45, 2.75) is 217 Å². The van der Waals surface area contributed by atoms with Gasteiger partial charge in [-0.1, -0.05) is 148 Å². The second-order valence-electron chi connectivity index (χ2n) is 14.5. The van der Waals surface area contributed by atoms with Crippen LogP contribution in [0.4, 0.5) is 0 Å². The molecular formula is C40H76O11. The first-order chi connectivity index (χ1) is 24.8. The molecule has 1 aliphatic rings. The molecule has 0 aromatic carbocycles. The Morgan fingerprint density at radius 2 is 0.980 bits per heavy atom. The number of carbonyl (C=O) groups excluding carboxylic acids is 2. The Bertz CT molecular complexity index is 811. The van der Waals surface area contributed by atoms with E-state index in [2.05, 4.69) is 6.92 Å². The maximum absolute atomic E-state index is 12.7. The van der Waals surface area contributed by atoms with E-state index in [1.165, 1.54) is 103 Å². The van der Waals surface area contributed by atoms with Gasteiger partial charge in [0.05, 0.1) is 13.2 Å². The van der Waals surface area contributed by atoms with Crippen molar-refractivity contribution in [1.82, 2.24) is 0 Å². The number of aliphatic hydroxyl groups is 5. The summed E-state index contributed by atoms with van der Waals surface area (Å²) in [4.78, 5) is 25.2. The van der Waals surface area contributed by atoms with Crippen LogP contribution in [0.2, 0.25) is 0 Å². The van der Waals surface area contributed by atoms with Gasteiger partial charge in [-0.05, 0) is 19.3 Å². The Hall–Kier alpha value is -1.34. The molecule has 1 heterocycles. The number of carbonyl (C=O) groups is 2. The van der Waals surface area contributed by atoms with Crippen LogP contribution in [0, 0.1) is 0 Å². The molecule has 0 spiro atoms. The van der Waals surface area contributed by atoms with E-state index in [-0.39, 0.29) is 38.6 Å². The SMILES string of the molecule is CCCCCCCCCCCCCCCC(=O)OCC(COC1OC(CO)C(O)C(O)C1O)OC(=O)CCCCCCCCCCCCCCO. The van der Waals surface area contributed by atoms with E-state index in [1.54, 1.807) is 0 Å². The summed E-state index contributed by atoms with van der Waals surface area (Å²) >= 11 is 0. The molecule has 6 unspecified atom stereocenters. The molecule has 0 bridgehead atoms. The predicted molar refractivity (Wildman–Crippen MR) is 198 cm³/mol. The average Bonchev–Trinajstić information content (AvgIpc) is 3.13. The lowest BCUT2D eigenvalue weighted by Crippen LogP contribution is -2.59. The van der Waals surface area contributed by atoms with Gasteiger partial charge in [-0.2, -0.15) is 0 Å². The highest BCUT2D eigenvalue weighted by atomic mass is 16.7. The monoisotopic (exact) mass is 733 g/mol. The Morgan fingerprint density at radius 1 is 0.549 bits per heavy atom. The Morgan fingerprint density at radius 3 is 1.43 bits per heavy atom. The smallest absolute Gasteiger partial charge is 0.306 e. The minimum atomic E-state index is -1.59. The number of hydrogen-bond donors (Lipinski definition) is 5. The lowest BCUT2D eigenvalue weighted by molar-refractivity contribution is -0.305. The molecule has 6 atom stereocenters. The largest absolute Gasteiger partial charge is 0.462 e. The van der Waals surface area contributed by atoms with Gasteiger partial charge in [0.15, 0.2) is 12.4 Å². The van der Waals surface area contributed by atoms with Crippen molar-refractivity contribution < 1.29 is 54.1 Å². The molecule has 5 N–H and O–H groups in total. The van der Waals surface area contributed by atoms with Crippen molar-refractivity contribution >= 4 is 11.9 Å². The number of hydrogen-bond acceptors (Lipinski definition) is 11. The van der Waals surface area contributed by atoms with Gasteiger partial charge in [0.25, 0.3) is 0 Å². The van der Waals surface area contributed by atoms with Crippen molar-refractivity contribution in [3.05, 3.63) is 0 Å². The Labute approximate surface area is 309 Å². The zero-order valence-corrected chi connectivity index (χ0v) is 32.1. The van der Waals surface area contributed by atoms with Gasteiger partial charge in [-0.25, -0.2) is 0 Å². The van der Waals surface area contributed by atoms with Crippen LogP contribution < -0.4 is 0 Å². The van der Waals surface area contributed by atoms with Crippen LogP contribution in [0.5, 0.6) is 0 Å². The van der Waals surface area contributed by atoms with Crippen LogP contribution in [-0.4, -0.2) is 101 Å². The van der Waals surface area contributed by atoms with Crippen LogP contribution in [0.25, 0.3) is 0 Å². The maximum atomic E-state index is 12.7. The topological polar surface area (TPSA) is 172 Å². The fourth-order valence-electron chi connectivity index (χ4n) is 6.46. The van der Waals surface area contributed by atoms with E-state index in [1.807, 2.05) is 0 Å². The lowest BCUT2D eigenvalue weighted by atomic mass is 9.99. The summed E-state index contributed by atoms with van der Waals surface area (Å²) in [6, 6.07) is 0. The highest BCUT2D eigenvalue weighted by Crippen LogP contribution is 2.23. The van der Waals surface area contributed by atoms with Gasteiger partial charge in [0.2, 0.25) is 0 Å². The molecule has 1 fully saturated rings. The summed E-state index contributed by atoms with van der Waals surface area (Å²) in [7, 11) is 0. The van der Waals surface area contributed by atoms with E-state index >= 15 is 0 Å². The molecule has 51 heavy (non-hydrogen) atoms. The molecule has 0 radical (unpaired) electrons. The highest BCUT2D eigenvalue weighted by molar-refractivity contribution is 5.70. The van der Waals surface area contributed by atoms with Crippen LogP contribution in [0.3, 0.4) is 0 Å². The second kappa shape index (κ2) is 33.2. The molecule has 0 amide bonds. The van der Waals surface area contributed by atoms with Gasteiger partial charge in [0.1, 0.15) is 31.0 Å². The number of ether oxygens (including phenoxy) is 4.